The van der Waals surface area contributed by atoms with E-state index in [2.05, 4.69) is 46.4 Å². The molecule has 3 fully saturated rings. The standard InChI is InChI=1S/C18H31NO/c1-15(2,3)14(20)13-10-18(11-17(18)8-7-9-17)12-19(13)16(4,5)6/h13H,7-12H2,1-6H3/t13-,18+/m0/s1. The molecule has 0 aromatic heterocycles. The summed E-state index contributed by atoms with van der Waals surface area (Å²) in [6.07, 6.45) is 6.76. The summed E-state index contributed by atoms with van der Waals surface area (Å²) < 4.78 is 0. The van der Waals surface area contributed by atoms with Crippen LogP contribution < -0.4 is 0 Å². The van der Waals surface area contributed by atoms with E-state index in [1.807, 2.05) is 0 Å². The Kier molecular flexibility index (Phi) is 2.83. The fourth-order valence-corrected chi connectivity index (χ4v) is 4.85. The minimum absolute atomic E-state index is 0.0998. The van der Waals surface area contributed by atoms with E-state index >= 15 is 0 Å². The Morgan fingerprint density at radius 3 is 2.00 bits per heavy atom. The van der Waals surface area contributed by atoms with Gasteiger partial charge in [-0.15, -0.1) is 0 Å². The van der Waals surface area contributed by atoms with Crippen LogP contribution in [0.3, 0.4) is 0 Å². The van der Waals surface area contributed by atoms with Gasteiger partial charge in [0.25, 0.3) is 0 Å². The van der Waals surface area contributed by atoms with Crippen LogP contribution in [-0.4, -0.2) is 28.8 Å². The molecule has 2 spiro atoms. The average Bonchev–Trinajstić information content (AvgIpc) is 2.70. The fraction of sp³-hybridized carbons (Fsp3) is 0.944. The van der Waals surface area contributed by atoms with Crippen molar-refractivity contribution in [1.29, 1.82) is 0 Å². The van der Waals surface area contributed by atoms with Gasteiger partial charge in [0.05, 0.1) is 6.04 Å². The largest absolute Gasteiger partial charge is 0.297 e. The van der Waals surface area contributed by atoms with Crippen molar-refractivity contribution in [2.45, 2.75) is 85.2 Å². The molecule has 1 saturated heterocycles. The highest BCUT2D eigenvalue weighted by Crippen LogP contribution is 2.78. The van der Waals surface area contributed by atoms with Crippen LogP contribution in [0.1, 0.15) is 73.6 Å². The fourth-order valence-electron chi connectivity index (χ4n) is 4.85. The van der Waals surface area contributed by atoms with Gasteiger partial charge in [-0.25, -0.2) is 0 Å². The Labute approximate surface area is 124 Å². The van der Waals surface area contributed by atoms with Gasteiger partial charge in [0.15, 0.2) is 5.78 Å². The van der Waals surface area contributed by atoms with Gasteiger partial charge in [0, 0.05) is 17.5 Å². The Morgan fingerprint density at radius 2 is 1.65 bits per heavy atom. The third-order valence-electron chi connectivity index (χ3n) is 6.32. The van der Waals surface area contributed by atoms with Gasteiger partial charge in [-0.3, -0.25) is 9.69 Å². The lowest BCUT2D eigenvalue weighted by Gasteiger charge is -2.38. The molecule has 2 nitrogen and oxygen atoms in total. The van der Waals surface area contributed by atoms with Gasteiger partial charge in [0.1, 0.15) is 0 Å². The van der Waals surface area contributed by atoms with Crippen molar-refractivity contribution in [3.05, 3.63) is 0 Å². The van der Waals surface area contributed by atoms with E-state index in [0.717, 1.165) is 13.0 Å². The topological polar surface area (TPSA) is 20.3 Å². The lowest BCUT2D eigenvalue weighted by Crippen LogP contribution is -2.50. The van der Waals surface area contributed by atoms with Crippen molar-refractivity contribution in [2.75, 3.05) is 6.54 Å². The van der Waals surface area contributed by atoms with Crippen LogP contribution >= 0.6 is 0 Å². The predicted molar refractivity (Wildman–Crippen MR) is 82.7 cm³/mol. The Morgan fingerprint density at radius 1 is 1.05 bits per heavy atom. The number of carbonyl (C=O) groups is 1. The maximum Gasteiger partial charge on any atom is 0.155 e. The molecule has 0 aromatic rings. The van der Waals surface area contributed by atoms with Crippen LogP contribution in [0.25, 0.3) is 0 Å². The van der Waals surface area contributed by atoms with Crippen molar-refractivity contribution >= 4 is 5.78 Å². The van der Waals surface area contributed by atoms with E-state index < -0.39 is 0 Å². The number of rotatable bonds is 1. The first-order valence-electron chi connectivity index (χ1n) is 8.32. The van der Waals surface area contributed by atoms with Crippen molar-refractivity contribution in [1.82, 2.24) is 4.90 Å². The van der Waals surface area contributed by atoms with E-state index in [1.165, 1.54) is 25.7 Å². The van der Waals surface area contributed by atoms with Crippen molar-refractivity contribution in [2.24, 2.45) is 16.2 Å². The van der Waals surface area contributed by atoms with Crippen LogP contribution in [0, 0.1) is 16.2 Å². The number of fused-ring (bicyclic) bond motifs is 1. The molecule has 3 aliphatic rings. The van der Waals surface area contributed by atoms with Gasteiger partial charge in [-0.05, 0) is 57.3 Å². The van der Waals surface area contributed by atoms with Crippen LogP contribution in [0.2, 0.25) is 0 Å². The summed E-state index contributed by atoms with van der Waals surface area (Å²) in [7, 11) is 0. The average molecular weight is 277 g/mol. The Bertz CT molecular complexity index is 435. The normalized spacial score (nSPS) is 36.4. The van der Waals surface area contributed by atoms with E-state index in [-0.39, 0.29) is 17.0 Å². The molecule has 0 N–H and O–H groups in total. The minimum atomic E-state index is -0.221. The highest BCUT2D eigenvalue weighted by Gasteiger charge is 2.73. The second kappa shape index (κ2) is 3.88. The van der Waals surface area contributed by atoms with Gasteiger partial charge in [-0.2, -0.15) is 0 Å². The molecule has 0 unspecified atom stereocenters. The van der Waals surface area contributed by atoms with Gasteiger partial charge < -0.3 is 0 Å². The number of hydrogen-bond acceptors (Lipinski definition) is 2. The third-order valence-corrected chi connectivity index (χ3v) is 6.32. The Hall–Kier alpha value is -0.370. The number of hydrogen-bond donors (Lipinski definition) is 0. The molecule has 1 aliphatic heterocycles. The lowest BCUT2D eigenvalue weighted by molar-refractivity contribution is -0.132. The maximum absolute atomic E-state index is 12.9. The smallest absolute Gasteiger partial charge is 0.155 e. The highest BCUT2D eigenvalue weighted by atomic mass is 16.1. The molecule has 20 heavy (non-hydrogen) atoms. The summed E-state index contributed by atoms with van der Waals surface area (Å²) in [4.78, 5) is 15.4. The number of nitrogens with zero attached hydrogens (tertiary/aromatic N) is 1. The van der Waals surface area contributed by atoms with Crippen LogP contribution in [0.4, 0.5) is 0 Å². The molecule has 0 amide bonds. The van der Waals surface area contributed by atoms with E-state index in [0.29, 0.717) is 16.6 Å². The molecule has 1 heterocycles. The van der Waals surface area contributed by atoms with E-state index in [1.54, 1.807) is 0 Å². The molecule has 2 saturated carbocycles. The molecule has 2 atom stereocenters. The first-order chi connectivity index (χ1) is 9.01. The van der Waals surface area contributed by atoms with Gasteiger partial charge in [0.2, 0.25) is 0 Å². The quantitative estimate of drug-likeness (QED) is 0.721. The van der Waals surface area contributed by atoms with Crippen LogP contribution in [0.15, 0.2) is 0 Å². The van der Waals surface area contributed by atoms with E-state index in [4.69, 9.17) is 0 Å². The third kappa shape index (κ3) is 1.90. The molecule has 3 rings (SSSR count). The minimum Gasteiger partial charge on any atom is -0.297 e. The predicted octanol–water partition coefficient (Wildman–Crippen LogP) is 4.03. The molecule has 0 aromatic carbocycles. The molecular weight excluding hydrogens is 246 g/mol. The molecule has 2 heteroatoms. The number of carbonyl (C=O) groups excluding carboxylic acids is 1. The maximum atomic E-state index is 12.9. The van der Waals surface area contributed by atoms with Crippen molar-refractivity contribution in [3.8, 4) is 0 Å². The van der Waals surface area contributed by atoms with Gasteiger partial charge >= 0.3 is 0 Å². The first-order valence-corrected chi connectivity index (χ1v) is 8.32. The zero-order valence-corrected chi connectivity index (χ0v) is 14.2. The van der Waals surface area contributed by atoms with Crippen LogP contribution in [0.5, 0.6) is 0 Å². The number of likely N-dealkylation sites (tertiary alicyclic amines) is 1. The summed E-state index contributed by atoms with van der Waals surface area (Å²) in [5.41, 5.74) is 1.01. The molecule has 114 valence electrons. The summed E-state index contributed by atoms with van der Waals surface area (Å²) in [5.74, 6) is 0.450. The summed E-state index contributed by atoms with van der Waals surface area (Å²) in [6.45, 7) is 14.2. The zero-order valence-electron chi connectivity index (χ0n) is 14.2. The Balaban J connectivity index is 1.86. The molecule has 0 bridgehead atoms. The summed E-state index contributed by atoms with van der Waals surface area (Å²) in [6, 6.07) is 0.148. The second-order valence-corrected chi connectivity index (χ2v) is 9.72. The SMILES string of the molecule is CC(C)(C)C(=O)[C@@H]1C[C@]2(CN1C(C)(C)C)CC21CCC1. The van der Waals surface area contributed by atoms with Crippen molar-refractivity contribution < 1.29 is 4.79 Å². The van der Waals surface area contributed by atoms with Crippen molar-refractivity contribution in [3.63, 3.8) is 0 Å². The molecule has 0 radical (unpaired) electrons. The highest BCUT2D eigenvalue weighted by molar-refractivity contribution is 5.89. The van der Waals surface area contributed by atoms with E-state index in [9.17, 15) is 4.79 Å². The monoisotopic (exact) mass is 277 g/mol. The number of ketones is 1. The summed E-state index contributed by atoms with van der Waals surface area (Å²) in [5, 5.41) is 0. The molecule has 2 aliphatic carbocycles. The number of Topliss-reactive ketones (excluding diaryl/α,β-unsaturated/α-hetero) is 1. The van der Waals surface area contributed by atoms with Gasteiger partial charge in [-0.1, -0.05) is 27.2 Å². The molecular formula is C18H31NO. The lowest BCUT2D eigenvalue weighted by atomic mass is 9.73. The van der Waals surface area contributed by atoms with Crippen LogP contribution in [-0.2, 0) is 4.79 Å². The zero-order chi connectivity index (χ0) is 15.0. The second-order valence-electron chi connectivity index (χ2n) is 9.72. The summed E-state index contributed by atoms with van der Waals surface area (Å²) >= 11 is 0. The first kappa shape index (κ1) is 14.6.